The molecule has 0 aliphatic heterocycles. The van der Waals surface area contributed by atoms with E-state index in [4.69, 9.17) is 16.0 Å². The summed E-state index contributed by atoms with van der Waals surface area (Å²) in [7, 11) is 4.17. The van der Waals surface area contributed by atoms with E-state index >= 15 is 0 Å². The average Bonchev–Trinajstić information content (AvgIpc) is 3.09. The van der Waals surface area contributed by atoms with Crippen LogP contribution in [0.5, 0.6) is 0 Å². The van der Waals surface area contributed by atoms with Gasteiger partial charge in [0.2, 0.25) is 0 Å². The molecule has 1 aromatic carbocycles. The molecule has 3 aromatic rings. The van der Waals surface area contributed by atoms with Crippen LogP contribution in [-0.2, 0) is 13.1 Å². The normalized spacial score (nSPS) is 11.8. The lowest BCUT2D eigenvalue weighted by atomic mass is 10.1. The number of halogens is 1. The van der Waals surface area contributed by atoms with Crippen LogP contribution in [0, 0.1) is 6.92 Å². The Bertz CT molecular complexity index is 951. The molecule has 0 aliphatic rings. The Labute approximate surface area is 169 Å². The fourth-order valence-corrected chi connectivity index (χ4v) is 4.08. The van der Waals surface area contributed by atoms with Gasteiger partial charge in [0.05, 0.1) is 0 Å². The maximum absolute atomic E-state index is 12.1. The molecule has 27 heavy (non-hydrogen) atoms. The summed E-state index contributed by atoms with van der Waals surface area (Å²) in [6.07, 6.45) is 1.07. The molecule has 2 heterocycles. The Morgan fingerprint density at radius 3 is 2.67 bits per heavy atom. The van der Waals surface area contributed by atoms with Crippen LogP contribution >= 0.6 is 22.9 Å². The molecule has 144 valence electrons. The predicted octanol–water partition coefficient (Wildman–Crippen LogP) is 4.77. The minimum Gasteiger partial charge on any atom is -0.423 e. The van der Waals surface area contributed by atoms with E-state index in [2.05, 4.69) is 41.4 Å². The van der Waals surface area contributed by atoms with Gasteiger partial charge in [0.1, 0.15) is 5.58 Å². The fraction of sp³-hybridized carbons (Fsp3) is 0.381. The van der Waals surface area contributed by atoms with Crippen molar-refractivity contribution >= 4 is 33.9 Å². The van der Waals surface area contributed by atoms with Crippen molar-refractivity contribution in [2.24, 2.45) is 0 Å². The average molecular weight is 405 g/mol. The first-order valence-corrected chi connectivity index (χ1v) is 10.3. The van der Waals surface area contributed by atoms with E-state index in [0.29, 0.717) is 17.2 Å². The molecule has 0 N–H and O–H groups in total. The first kappa shape index (κ1) is 20.1. The Balaban J connectivity index is 1.89. The van der Waals surface area contributed by atoms with Gasteiger partial charge in [-0.25, -0.2) is 4.79 Å². The van der Waals surface area contributed by atoms with Gasteiger partial charge in [0.15, 0.2) is 0 Å². The summed E-state index contributed by atoms with van der Waals surface area (Å²) < 4.78 is 5.40. The molecule has 0 bridgehead atoms. The minimum absolute atomic E-state index is 0.316. The number of hydrogen-bond donors (Lipinski definition) is 0. The van der Waals surface area contributed by atoms with E-state index in [-0.39, 0.29) is 5.63 Å². The minimum atomic E-state index is -0.316. The first-order valence-electron chi connectivity index (χ1n) is 9.05. The molecule has 0 spiro atoms. The molecule has 6 heteroatoms. The number of aryl methyl sites for hydroxylation is 1. The zero-order valence-electron chi connectivity index (χ0n) is 16.0. The molecule has 0 atom stereocenters. The quantitative estimate of drug-likeness (QED) is 0.507. The summed E-state index contributed by atoms with van der Waals surface area (Å²) >= 11 is 8.09. The Morgan fingerprint density at radius 1 is 1.15 bits per heavy atom. The number of benzene rings is 1. The first-order chi connectivity index (χ1) is 12.9. The third-order valence-corrected chi connectivity index (χ3v) is 5.81. The van der Waals surface area contributed by atoms with E-state index in [1.807, 2.05) is 19.1 Å². The van der Waals surface area contributed by atoms with Crippen LogP contribution in [0.25, 0.3) is 11.0 Å². The second-order valence-corrected chi connectivity index (χ2v) is 8.57. The van der Waals surface area contributed by atoms with Crippen molar-refractivity contribution in [2.75, 3.05) is 27.2 Å². The highest BCUT2D eigenvalue weighted by molar-refractivity contribution is 7.09. The van der Waals surface area contributed by atoms with Crippen LogP contribution in [0.4, 0.5) is 0 Å². The van der Waals surface area contributed by atoms with E-state index in [1.54, 1.807) is 17.4 Å². The van der Waals surface area contributed by atoms with Crippen LogP contribution in [0.2, 0.25) is 5.02 Å². The highest BCUT2D eigenvalue weighted by Crippen LogP contribution is 2.26. The topological polar surface area (TPSA) is 36.7 Å². The van der Waals surface area contributed by atoms with Gasteiger partial charge in [-0.1, -0.05) is 17.7 Å². The second-order valence-electron chi connectivity index (χ2n) is 7.14. The van der Waals surface area contributed by atoms with Gasteiger partial charge in [0, 0.05) is 41.0 Å². The molecule has 0 saturated heterocycles. The third kappa shape index (κ3) is 5.42. The van der Waals surface area contributed by atoms with E-state index in [9.17, 15) is 4.79 Å². The second kappa shape index (κ2) is 9.02. The van der Waals surface area contributed by atoms with Crippen molar-refractivity contribution < 1.29 is 4.42 Å². The smallest absolute Gasteiger partial charge is 0.336 e. The van der Waals surface area contributed by atoms with Crippen LogP contribution in [-0.4, -0.2) is 37.0 Å². The summed E-state index contributed by atoms with van der Waals surface area (Å²) in [4.78, 5) is 18.0. The Hall–Kier alpha value is -1.66. The maximum Gasteiger partial charge on any atom is 0.336 e. The molecular formula is C21H25ClN2O2S. The van der Waals surface area contributed by atoms with Crippen LogP contribution in [0.1, 0.15) is 22.4 Å². The van der Waals surface area contributed by atoms with Gasteiger partial charge < -0.3 is 9.32 Å². The van der Waals surface area contributed by atoms with Crippen molar-refractivity contribution in [2.45, 2.75) is 26.4 Å². The largest absolute Gasteiger partial charge is 0.423 e. The third-order valence-electron chi connectivity index (χ3n) is 4.54. The van der Waals surface area contributed by atoms with Crippen molar-refractivity contribution in [3.63, 3.8) is 0 Å². The fourth-order valence-electron chi connectivity index (χ4n) is 3.17. The molecule has 0 saturated carbocycles. The van der Waals surface area contributed by atoms with Gasteiger partial charge in [-0.15, -0.1) is 11.3 Å². The lowest BCUT2D eigenvalue weighted by molar-refractivity contribution is 0.242. The van der Waals surface area contributed by atoms with Gasteiger partial charge in [-0.2, -0.15) is 0 Å². The Kier molecular flexibility index (Phi) is 6.71. The number of thiophene rings is 1. The number of nitrogens with zero attached hydrogens (tertiary/aromatic N) is 2. The zero-order chi connectivity index (χ0) is 19.4. The van der Waals surface area contributed by atoms with Crippen molar-refractivity contribution in [1.29, 1.82) is 0 Å². The molecule has 0 unspecified atom stereocenters. The lowest BCUT2D eigenvalue weighted by Crippen LogP contribution is -2.27. The zero-order valence-corrected chi connectivity index (χ0v) is 17.6. The van der Waals surface area contributed by atoms with E-state index in [1.165, 1.54) is 4.88 Å². The summed E-state index contributed by atoms with van der Waals surface area (Å²) in [6, 6.07) is 9.58. The summed E-state index contributed by atoms with van der Waals surface area (Å²) in [5.74, 6) is 0. The summed E-state index contributed by atoms with van der Waals surface area (Å²) in [5.41, 5.74) is 2.16. The SMILES string of the molecule is Cc1cc2oc(=O)cc(CN(CCCN(C)C)Cc3cccs3)c2cc1Cl. The molecular weight excluding hydrogens is 380 g/mol. The molecule has 4 nitrogen and oxygen atoms in total. The van der Waals surface area contributed by atoms with Crippen LogP contribution < -0.4 is 5.63 Å². The summed E-state index contributed by atoms with van der Waals surface area (Å²) in [6.45, 7) is 5.46. The molecule has 0 amide bonds. The van der Waals surface area contributed by atoms with Crippen molar-refractivity contribution in [3.05, 3.63) is 67.2 Å². The monoisotopic (exact) mass is 404 g/mol. The molecule has 2 aromatic heterocycles. The molecule has 3 rings (SSSR count). The molecule has 0 radical (unpaired) electrons. The number of rotatable bonds is 8. The Morgan fingerprint density at radius 2 is 1.96 bits per heavy atom. The highest BCUT2D eigenvalue weighted by Gasteiger charge is 2.13. The van der Waals surface area contributed by atoms with Gasteiger partial charge in [0.25, 0.3) is 0 Å². The van der Waals surface area contributed by atoms with Gasteiger partial charge in [-0.05, 0) is 68.7 Å². The van der Waals surface area contributed by atoms with Crippen molar-refractivity contribution in [1.82, 2.24) is 9.80 Å². The molecule has 0 fully saturated rings. The van der Waals surface area contributed by atoms with Crippen molar-refractivity contribution in [3.8, 4) is 0 Å². The lowest BCUT2D eigenvalue weighted by Gasteiger charge is -2.23. The van der Waals surface area contributed by atoms with Crippen LogP contribution in [0.15, 0.2) is 44.9 Å². The van der Waals surface area contributed by atoms with E-state index < -0.39 is 0 Å². The van der Waals surface area contributed by atoms with Gasteiger partial charge >= 0.3 is 5.63 Å². The molecule has 0 aliphatic carbocycles. The predicted molar refractivity (Wildman–Crippen MR) is 114 cm³/mol. The maximum atomic E-state index is 12.1. The number of fused-ring (bicyclic) bond motifs is 1. The van der Waals surface area contributed by atoms with E-state index in [0.717, 1.165) is 42.6 Å². The highest BCUT2D eigenvalue weighted by atomic mass is 35.5. The standard InChI is InChI=1S/C21H25ClN2O2S/c1-15-10-20-18(12-19(15)22)16(11-21(25)26-20)13-24(8-5-7-23(2)3)14-17-6-4-9-27-17/h4,6,9-12H,5,7-8,13-14H2,1-3H3. The number of hydrogen-bond acceptors (Lipinski definition) is 5. The summed E-state index contributed by atoms with van der Waals surface area (Å²) in [5, 5.41) is 3.70. The van der Waals surface area contributed by atoms with Crippen LogP contribution in [0.3, 0.4) is 0 Å². The van der Waals surface area contributed by atoms with Gasteiger partial charge in [-0.3, -0.25) is 4.90 Å².